The van der Waals surface area contributed by atoms with Gasteiger partial charge in [0.15, 0.2) is 5.78 Å². The lowest BCUT2D eigenvalue weighted by atomic mass is 10.0. The third-order valence-corrected chi connectivity index (χ3v) is 4.01. The Labute approximate surface area is 128 Å². The lowest BCUT2D eigenvalue weighted by Gasteiger charge is -2.03. The van der Waals surface area contributed by atoms with Gasteiger partial charge in [-0.05, 0) is 51.3 Å². The SMILES string of the molecule is Cc1cc(C)c2c(c1)C(=O)C(C)C2.Cc1cccc(C)c1. The van der Waals surface area contributed by atoms with Gasteiger partial charge in [-0.1, -0.05) is 53.9 Å². The standard InChI is InChI=1S/C12H14O.C8H10/c1-7-4-8(2)10-6-9(3)12(13)11(10)5-7;1-7-4-3-5-8(2)6-7/h4-5,9H,6H2,1-3H3;3-6H,1-2H3. The number of hydrogen-bond donors (Lipinski definition) is 0. The van der Waals surface area contributed by atoms with Gasteiger partial charge in [0.2, 0.25) is 0 Å². The van der Waals surface area contributed by atoms with Crippen molar-refractivity contribution in [2.24, 2.45) is 5.92 Å². The highest BCUT2D eigenvalue weighted by Gasteiger charge is 2.27. The van der Waals surface area contributed by atoms with Crippen LogP contribution in [0.15, 0.2) is 36.4 Å². The van der Waals surface area contributed by atoms with Crippen LogP contribution in [0.2, 0.25) is 0 Å². The largest absolute Gasteiger partial charge is 0.294 e. The number of rotatable bonds is 0. The van der Waals surface area contributed by atoms with Gasteiger partial charge >= 0.3 is 0 Å². The number of hydrogen-bond acceptors (Lipinski definition) is 1. The molecule has 0 amide bonds. The van der Waals surface area contributed by atoms with Crippen molar-refractivity contribution in [2.75, 3.05) is 0 Å². The molecule has 0 aliphatic heterocycles. The third kappa shape index (κ3) is 3.60. The van der Waals surface area contributed by atoms with Crippen molar-refractivity contribution in [3.63, 3.8) is 0 Å². The van der Waals surface area contributed by atoms with Gasteiger partial charge in [0.1, 0.15) is 0 Å². The Morgan fingerprint density at radius 3 is 2.05 bits per heavy atom. The highest BCUT2D eigenvalue weighted by Crippen LogP contribution is 2.29. The molecule has 0 saturated heterocycles. The Bertz CT molecular complexity index is 650. The van der Waals surface area contributed by atoms with E-state index in [1.54, 1.807) is 0 Å². The van der Waals surface area contributed by atoms with Crippen molar-refractivity contribution in [3.05, 3.63) is 69.8 Å². The molecule has 0 fully saturated rings. The molecular formula is C20H24O. The Hall–Kier alpha value is -1.89. The Balaban J connectivity index is 0.000000173. The van der Waals surface area contributed by atoms with Gasteiger partial charge in [0.25, 0.3) is 0 Å². The molecule has 1 unspecified atom stereocenters. The number of aryl methyl sites for hydroxylation is 4. The molecule has 0 spiro atoms. The predicted molar refractivity (Wildman–Crippen MR) is 89.0 cm³/mol. The predicted octanol–water partition coefficient (Wildman–Crippen LogP) is 4.98. The maximum atomic E-state index is 11.7. The lowest BCUT2D eigenvalue weighted by molar-refractivity contribution is 0.0946. The van der Waals surface area contributed by atoms with Gasteiger partial charge in [-0.15, -0.1) is 0 Å². The first-order valence-corrected chi connectivity index (χ1v) is 7.56. The Morgan fingerprint density at radius 2 is 1.52 bits per heavy atom. The number of ketones is 1. The Morgan fingerprint density at radius 1 is 0.905 bits per heavy atom. The normalized spacial score (nSPS) is 16.2. The van der Waals surface area contributed by atoms with Gasteiger partial charge in [-0.25, -0.2) is 0 Å². The van der Waals surface area contributed by atoms with E-state index in [9.17, 15) is 4.79 Å². The average molecular weight is 280 g/mol. The summed E-state index contributed by atoms with van der Waals surface area (Å²) in [7, 11) is 0. The molecule has 1 nitrogen and oxygen atoms in total. The second kappa shape index (κ2) is 6.26. The highest BCUT2D eigenvalue weighted by molar-refractivity contribution is 6.02. The van der Waals surface area contributed by atoms with Crippen molar-refractivity contribution < 1.29 is 4.79 Å². The van der Waals surface area contributed by atoms with Gasteiger partial charge in [0, 0.05) is 11.5 Å². The summed E-state index contributed by atoms with van der Waals surface area (Å²) in [6.45, 7) is 10.4. The van der Waals surface area contributed by atoms with Crippen LogP contribution < -0.4 is 0 Å². The zero-order valence-corrected chi connectivity index (χ0v) is 13.7. The molecule has 1 heteroatoms. The molecule has 2 aromatic rings. The summed E-state index contributed by atoms with van der Waals surface area (Å²) in [4.78, 5) is 11.7. The molecule has 1 atom stereocenters. The number of benzene rings is 2. The number of carbonyl (C=O) groups excluding carboxylic acids is 1. The van der Waals surface area contributed by atoms with Gasteiger partial charge in [-0.3, -0.25) is 4.79 Å². The first kappa shape index (κ1) is 15.5. The molecule has 0 aromatic heterocycles. The molecule has 1 aliphatic rings. The van der Waals surface area contributed by atoms with Gasteiger partial charge < -0.3 is 0 Å². The summed E-state index contributed by atoms with van der Waals surface area (Å²) < 4.78 is 0. The second-order valence-electron chi connectivity index (χ2n) is 6.24. The summed E-state index contributed by atoms with van der Waals surface area (Å²) in [5.41, 5.74) is 7.37. The van der Waals surface area contributed by atoms with Crippen molar-refractivity contribution in [3.8, 4) is 0 Å². The molecule has 110 valence electrons. The molecule has 0 radical (unpaired) electrons. The van der Waals surface area contributed by atoms with E-state index in [1.807, 2.05) is 19.9 Å². The van der Waals surface area contributed by atoms with E-state index in [-0.39, 0.29) is 5.92 Å². The number of Topliss-reactive ketones (excluding diaryl/α,β-unsaturated/α-hetero) is 1. The van der Waals surface area contributed by atoms with Crippen molar-refractivity contribution in [1.29, 1.82) is 0 Å². The van der Waals surface area contributed by atoms with Crippen LogP contribution in [0.3, 0.4) is 0 Å². The monoisotopic (exact) mass is 280 g/mol. The van der Waals surface area contributed by atoms with Crippen LogP contribution in [0.1, 0.15) is 45.1 Å². The van der Waals surface area contributed by atoms with Crippen LogP contribution in [-0.4, -0.2) is 5.78 Å². The minimum Gasteiger partial charge on any atom is -0.294 e. The van der Waals surface area contributed by atoms with E-state index in [4.69, 9.17) is 0 Å². The maximum absolute atomic E-state index is 11.7. The zero-order chi connectivity index (χ0) is 15.6. The molecule has 0 N–H and O–H groups in total. The second-order valence-corrected chi connectivity index (χ2v) is 6.24. The Kier molecular flexibility index (Phi) is 4.62. The quantitative estimate of drug-likeness (QED) is 0.665. The van der Waals surface area contributed by atoms with Crippen molar-refractivity contribution in [2.45, 2.75) is 41.0 Å². The number of fused-ring (bicyclic) bond motifs is 1. The molecular weight excluding hydrogens is 256 g/mol. The van der Waals surface area contributed by atoms with Gasteiger partial charge in [0.05, 0.1) is 0 Å². The third-order valence-electron chi connectivity index (χ3n) is 4.01. The van der Waals surface area contributed by atoms with Crippen LogP contribution in [0.4, 0.5) is 0 Å². The summed E-state index contributed by atoms with van der Waals surface area (Å²) >= 11 is 0. The van der Waals surface area contributed by atoms with Crippen LogP contribution >= 0.6 is 0 Å². The van der Waals surface area contributed by atoms with Crippen LogP contribution in [-0.2, 0) is 6.42 Å². The van der Waals surface area contributed by atoms with E-state index < -0.39 is 0 Å². The average Bonchev–Trinajstić information content (AvgIpc) is 2.67. The van der Waals surface area contributed by atoms with E-state index in [1.165, 1.54) is 27.8 Å². The molecule has 2 aromatic carbocycles. The number of carbonyl (C=O) groups is 1. The van der Waals surface area contributed by atoms with Gasteiger partial charge in [-0.2, -0.15) is 0 Å². The highest BCUT2D eigenvalue weighted by atomic mass is 16.1. The van der Waals surface area contributed by atoms with E-state index in [0.29, 0.717) is 5.78 Å². The molecule has 0 heterocycles. The fourth-order valence-corrected chi connectivity index (χ4v) is 2.96. The summed E-state index contributed by atoms with van der Waals surface area (Å²) in [6.07, 6.45) is 0.931. The van der Waals surface area contributed by atoms with Crippen molar-refractivity contribution in [1.82, 2.24) is 0 Å². The minimum absolute atomic E-state index is 0.190. The summed E-state index contributed by atoms with van der Waals surface area (Å²) in [5, 5.41) is 0. The van der Waals surface area contributed by atoms with E-state index in [2.05, 4.69) is 51.1 Å². The fraction of sp³-hybridized carbons (Fsp3) is 0.350. The fourth-order valence-electron chi connectivity index (χ4n) is 2.96. The summed E-state index contributed by atoms with van der Waals surface area (Å²) in [6, 6.07) is 12.6. The van der Waals surface area contributed by atoms with Crippen LogP contribution in [0.5, 0.6) is 0 Å². The molecule has 0 saturated carbocycles. The minimum atomic E-state index is 0.190. The molecule has 3 rings (SSSR count). The molecule has 21 heavy (non-hydrogen) atoms. The van der Waals surface area contributed by atoms with Crippen LogP contribution in [0.25, 0.3) is 0 Å². The van der Waals surface area contributed by atoms with E-state index >= 15 is 0 Å². The maximum Gasteiger partial charge on any atom is 0.166 e. The molecule has 0 bridgehead atoms. The zero-order valence-electron chi connectivity index (χ0n) is 13.7. The smallest absolute Gasteiger partial charge is 0.166 e. The van der Waals surface area contributed by atoms with E-state index in [0.717, 1.165) is 12.0 Å². The van der Waals surface area contributed by atoms with Crippen LogP contribution in [0, 0.1) is 33.6 Å². The molecule has 1 aliphatic carbocycles. The first-order chi connectivity index (χ1) is 9.88. The van der Waals surface area contributed by atoms with Crippen molar-refractivity contribution >= 4 is 5.78 Å². The summed E-state index contributed by atoms with van der Waals surface area (Å²) in [5.74, 6) is 0.511. The topological polar surface area (TPSA) is 17.1 Å². The first-order valence-electron chi connectivity index (χ1n) is 7.56. The lowest BCUT2D eigenvalue weighted by Crippen LogP contribution is -2.02.